The number of hydrogen-bond donors (Lipinski definition) is 1. The van der Waals surface area contributed by atoms with E-state index in [0.717, 1.165) is 12.8 Å². The van der Waals surface area contributed by atoms with Gasteiger partial charge >= 0.3 is 0 Å². The van der Waals surface area contributed by atoms with Crippen LogP contribution in [0.15, 0.2) is 47.4 Å². The summed E-state index contributed by atoms with van der Waals surface area (Å²) in [6, 6.07) is 11.0. The van der Waals surface area contributed by atoms with Crippen LogP contribution >= 0.6 is 11.6 Å². The molecule has 0 atom stereocenters. The summed E-state index contributed by atoms with van der Waals surface area (Å²) < 4.78 is 32.3. The number of nitrogens with zero attached hydrogens (tertiary/aromatic N) is 1. The summed E-state index contributed by atoms with van der Waals surface area (Å²) in [5.41, 5.74) is 0.785. The minimum absolute atomic E-state index is 0.223. The van der Waals surface area contributed by atoms with E-state index in [2.05, 4.69) is 12.2 Å². The molecular formula is C20H23ClN2O4S. The van der Waals surface area contributed by atoms with Gasteiger partial charge in [0, 0.05) is 23.8 Å². The maximum Gasteiger partial charge on any atom is 0.259 e. The lowest BCUT2D eigenvalue weighted by Gasteiger charge is -2.29. The summed E-state index contributed by atoms with van der Waals surface area (Å²) in [5, 5.41) is 3.16. The van der Waals surface area contributed by atoms with Crippen LogP contribution in [0.3, 0.4) is 0 Å². The van der Waals surface area contributed by atoms with E-state index in [9.17, 15) is 13.2 Å². The first-order chi connectivity index (χ1) is 13.3. The first kappa shape index (κ1) is 20.6. The quantitative estimate of drug-likeness (QED) is 0.789. The fourth-order valence-electron chi connectivity index (χ4n) is 3.14. The van der Waals surface area contributed by atoms with Gasteiger partial charge in [-0.15, -0.1) is 0 Å². The van der Waals surface area contributed by atoms with E-state index in [1.807, 2.05) is 0 Å². The Bertz CT molecular complexity index is 953. The number of methoxy groups -OCH3 is 1. The van der Waals surface area contributed by atoms with Crippen molar-refractivity contribution >= 4 is 33.2 Å². The summed E-state index contributed by atoms with van der Waals surface area (Å²) in [5.74, 6) is 0.563. The summed E-state index contributed by atoms with van der Waals surface area (Å²) in [6.07, 6.45) is 1.74. The van der Waals surface area contributed by atoms with Crippen LogP contribution in [-0.4, -0.2) is 38.8 Å². The second-order valence-electron chi connectivity index (χ2n) is 6.91. The number of amides is 1. The molecule has 0 saturated carbocycles. The van der Waals surface area contributed by atoms with E-state index in [-0.39, 0.29) is 10.8 Å². The third-order valence-corrected chi connectivity index (χ3v) is 7.05. The van der Waals surface area contributed by atoms with Crippen LogP contribution < -0.4 is 10.1 Å². The van der Waals surface area contributed by atoms with Crippen molar-refractivity contribution in [2.75, 3.05) is 25.5 Å². The summed E-state index contributed by atoms with van der Waals surface area (Å²) >= 11 is 5.97. The summed E-state index contributed by atoms with van der Waals surface area (Å²) in [4.78, 5) is 12.8. The van der Waals surface area contributed by atoms with Gasteiger partial charge in [0.15, 0.2) is 0 Å². The Hall–Kier alpha value is -2.09. The van der Waals surface area contributed by atoms with E-state index in [1.54, 1.807) is 24.3 Å². The molecule has 0 radical (unpaired) electrons. The molecule has 1 saturated heterocycles. The molecule has 0 aromatic heterocycles. The van der Waals surface area contributed by atoms with Crippen LogP contribution in [0.5, 0.6) is 5.75 Å². The zero-order chi connectivity index (χ0) is 20.3. The number of hydrogen-bond acceptors (Lipinski definition) is 4. The van der Waals surface area contributed by atoms with Crippen molar-refractivity contribution in [3.8, 4) is 5.75 Å². The molecule has 2 aromatic rings. The Morgan fingerprint density at radius 2 is 1.79 bits per heavy atom. The number of benzene rings is 2. The smallest absolute Gasteiger partial charge is 0.259 e. The molecule has 1 fully saturated rings. The average molecular weight is 423 g/mol. The molecule has 3 rings (SSSR count). The van der Waals surface area contributed by atoms with Crippen molar-refractivity contribution in [3.05, 3.63) is 53.1 Å². The van der Waals surface area contributed by atoms with Gasteiger partial charge in [0.2, 0.25) is 10.0 Å². The number of piperidine rings is 1. The van der Waals surface area contributed by atoms with Gasteiger partial charge in [0.25, 0.3) is 5.91 Å². The van der Waals surface area contributed by atoms with Gasteiger partial charge in [-0.1, -0.05) is 18.5 Å². The molecule has 0 spiro atoms. The third-order valence-electron chi connectivity index (χ3n) is 4.90. The van der Waals surface area contributed by atoms with Crippen molar-refractivity contribution in [1.29, 1.82) is 0 Å². The lowest BCUT2D eigenvalue weighted by atomic mass is 10.0. The highest BCUT2D eigenvalue weighted by atomic mass is 35.5. The van der Waals surface area contributed by atoms with Gasteiger partial charge in [0.1, 0.15) is 5.75 Å². The highest BCUT2D eigenvalue weighted by Crippen LogP contribution is 2.26. The molecule has 1 aliphatic rings. The number of anilines is 1. The van der Waals surface area contributed by atoms with Crippen molar-refractivity contribution in [1.82, 2.24) is 4.31 Å². The molecule has 150 valence electrons. The highest BCUT2D eigenvalue weighted by molar-refractivity contribution is 7.89. The van der Waals surface area contributed by atoms with E-state index in [0.29, 0.717) is 41.0 Å². The van der Waals surface area contributed by atoms with Crippen LogP contribution in [0.4, 0.5) is 5.69 Å². The molecule has 1 N–H and O–H groups in total. The maximum absolute atomic E-state index is 12.8. The highest BCUT2D eigenvalue weighted by Gasteiger charge is 2.28. The van der Waals surface area contributed by atoms with Crippen LogP contribution in [-0.2, 0) is 10.0 Å². The number of halogens is 1. The molecule has 1 heterocycles. The van der Waals surface area contributed by atoms with E-state index in [1.165, 1.54) is 29.6 Å². The van der Waals surface area contributed by atoms with Crippen molar-refractivity contribution < 1.29 is 17.9 Å². The van der Waals surface area contributed by atoms with Crippen LogP contribution in [0.1, 0.15) is 30.1 Å². The predicted molar refractivity (Wildman–Crippen MR) is 110 cm³/mol. The largest absolute Gasteiger partial charge is 0.496 e. The van der Waals surface area contributed by atoms with Gasteiger partial charge in [-0.3, -0.25) is 4.79 Å². The molecule has 8 heteroatoms. The summed E-state index contributed by atoms with van der Waals surface area (Å²) in [6.45, 7) is 3.21. The monoisotopic (exact) mass is 422 g/mol. The molecule has 6 nitrogen and oxygen atoms in total. The Labute approximate surface area is 170 Å². The molecule has 2 aromatic carbocycles. The number of ether oxygens (including phenoxy) is 1. The van der Waals surface area contributed by atoms with Gasteiger partial charge in [-0.25, -0.2) is 8.42 Å². The molecule has 28 heavy (non-hydrogen) atoms. The maximum atomic E-state index is 12.8. The fourth-order valence-corrected chi connectivity index (χ4v) is 4.78. The Morgan fingerprint density at radius 3 is 2.39 bits per heavy atom. The zero-order valence-corrected chi connectivity index (χ0v) is 17.4. The number of carbonyl (C=O) groups excluding carboxylic acids is 1. The first-order valence-corrected chi connectivity index (χ1v) is 10.9. The molecule has 1 aliphatic heterocycles. The van der Waals surface area contributed by atoms with E-state index >= 15 is 0 Å². The molecule has 1 amide bonds. The third kappa shape index (κ3) is 4.48. The topological polar surface area (TPSA) is 75.7 Å². The molecule has 0 bridgehead atoms. The van der Waals surface area contributed by atoms with Gasteiger partial charge in [0.05, 0.1) is 17.6 Å². The van der Waals surface area contributed by atoms with Gasteiger partial charge in [-0.2, -0.15) is 4.31 Å². The Balaban J connectivity index is 1.74. The molecular weight excluding hydrogens is 400 g/mol. The number of carbonyl (C=O) groups is 1. The lowest BCUT2D eigenvalue weighted by molar-refractivity contribution is 0.102. The lowest BCUT2D eigenvalue weighted by Crippen LogP contribution is -2.37. The van der Waals surface area contributed by atoms with Crippen LogP contribution in [0.25, 0.3) is 0 Å². The standard InChI is InChI=1S/C20H23ClN2O4S/c1-14-9-11-23(12-10-14)28(25,26)17-6-4-16(5-7-17)22-20(24)18-13-15(21)3-8-19(18)27-2/h3-8,13-14H,9-12H2,1-2H3,(H,22,24). The Morgan fingerprint density at radius 1 is 1.14 bits per heavy atom. The van der Waals surface area contributed by atoms with E-state index in [4.69, 9.17) is 16.3 Å². The number of nitrogens with one attached hydrogen (secondary N) is 1. The van der Waals surface area contributed by atoms with Crippen molar-refractivity contribution in [2.45, 2.75) is 24.7 Å². The minimum atomic E-state index is -3.52. The van der Waals surface area contributed by atoms with Gasteiger partial charge in [-0.05, 0) is 61.2 Å². The second kappa shape index (κ2) is 8.51. The SMILES string of the molecule is COc1ccc(Cl)cc1C(=O)Nc1ccc(S(=O)(=O)N2CCC(C)CC2)cc1. The van der Waals surface area contributed by atoms with Crippen molar-refractivity contribution in [2.24, 2.45) is 5.92 Å². The van der Waals surface area contributed by atoms with E-state index < -0.39 is 10.0 Å². The number of sulfonamides is 1. The number of rotatable bonds is 5. The van der Waals surface area contributed by atoms with Crippen molar-refractivity contribution in [3.63, 3.8) is 0 Å². The first-order valence-electron chi connectivity index (χ1n) is 9.06. The van der Waals surface area contributed by atoms with Crippen LogP contribution in [0, 0.1) is 5.92 Å². The average Bonchev–Trinajstić information content (AvgIpc) is 2.68. The molecule has 0 unspecified atom stereocenters. The summed E-state index contributed by atoms with van der Waals surface area (Å²) in [7, 11) is -2.04. The zero-order valence-electron chi connectivity index (χ0n) is 15.8. The van der Waals surface area contributed by atoms with Crippen LogP contribution in [0.2, 0.25) is 5.02 Å². The predicted octanol–water partition coefficient (Wildman–Crippen LogP) is 4.02. The fraction of sp³-hybridized carbons (Fsp3) is 0.350. The second-order valence-corrected chi connectivity index (χ2v) is 9.28. The molecule has 0 aliphatic carbocycles. The van der Waals surface area contributed by atoms with Gasteiger partial charge < -0.3 is 10.1 Å². The minimum Gasteiger partial charge on any atom is -0.496 e. The normalized spacial score (nSPS) is 16.0. The Kier molecular flexibility index (Phi) is 6.27.